The molecule has 2 N–H and O–H groups in total. The van der Waals surface area contributed by atoms with Crippen molar-refractivity contribution in [3.63, 3.8) is 0 Å². The molecule has 0 radical (unpaired) electrons. The Labute approximate surface area is 184 Å². The van der Waals surface area contributed by atoms with Crippen LogP contribution in [0.1, 0.15) is 37.0 Å². The van der Waals surface area contributed by atoms with Gasteiger partial charge in [0, 0.05) is 17.7 Å². The number of hydrogen-bond acceptors (Lipinski definition) is 5. The number of nitrogen functional groups attached to an aromatic ring is 1. The second kappa shape index (κ2) is 9.16. The van der Waals surface area contributed by atoms with E-state index < -0.39 is 17.7 Å². The van der Waals surface area contributed by atoms with Crippen LogP contribution >= 0.6 is 11.6 Å². The first kappa shape index (κ1) is 21.5. The molecule has 2 aromatic carbocycles. The first-order valence-corrected chi connectivity index (χ1v) is 10.5. The van der Waals surface area contributed by atoms with Crippen LogP contribution < -0.4 is 10.5 Å². The van der Waals surface area contributed by atoms with Gasteiger partial charge in [0.05, 0.1) is 16.9 Å². The van der Waals surface area contributed by atoms with Gasteiger partial charge < -0.3 is 10.5 Å². The van der Waals surface area contributed by atoms with Crippen molar-refractivity contribution in [3.8, 4) is 17.1 Å². The van der Waals surface area contributed by atoms with Gasteiger partial charge in [0.15, 0.2) is 5.82 Å². The number of ether oxygens (including phenoxy) is 1. The third kappa shape index (κ3) is 4.78. The van der Waals surface area contributed by atoms with Gasteiger partial charge in [0.1, 0.15) is 17.7 Å². The molecule has 0 unspecified atom stereocenters. The highest BCUT2D eigenvalue weighted by molar-refractivity contribution is 6.31. The van der Waals surface area contributed by atoms with E-state index in [9.17, 15) is 8.78 Å². The lowest BCUT2D eigenvalue weighted by molar-refractivity contribution is 0.213. The summed E-state index contributed by atoms with van der Waals surface area (Å²) in [5.41, 5.74) is 8.46. The zero-order valence-corrected chi connectivity index (χ0v) is 17.9. The van der Waals surface area contributed by atoms with Crippen molar-refractivity contribution in [2.75, 3.05) is 18.8 Å². The zero-order chi connectivity index (χ0) is 22.0. The highest BCUT2D eigenvalue weighted by Gasteiger charge is 2.21. The van der Waals surface area contributed by atoms with E-state index in [0.717, 1.165) is 37.3 Å². The molecule has 0 saturated carbocycles. The van der Waals surface area contributed by atoms with Gasteiger partial charge in [0.2, 0.25) is 0 Å². The van der Waals surface area contributed by atoms with Gasteiger partial charge in [-0.2, -0.15) is 0 Å². The molecule has 1 aliphatic heterocycles. The van der Waals surface area contributed by atoms with Crippen LogP contribution in [0.5, 0.6) is 5.88 Å². The third-order valence-corrected chi connectivity index (χ3v) is 5.78. The molecular formula is C23H23ClF2N4O. The zero-order valence-electron chi connectivity index (χ0n) is 17.1. The summed E-state index contributed by atoms with van der Waals surface area (Å²) < 4.78 is 33.7. The molecule has 3 aromatic rings. The molecule has 8 heteroatoms. The maximum Gasteiger partial charge on any atom is 0.258 e. The molecule has 31 heavy (non-hydrogen) atoms. The summed E-state index contributed by atoms with van der Waals surface area (Å²) >= 11 is 5.94. The molecule has 1 fully saturated rings. The fourth-order valence-electron chi connectivity index (χ4n) is 3.73. The van der Waals surface area contributed by atoms with Crippen molar-refractivity contribution >= 4 is 17.4 Å². The van der Waals surface area contributed by atoms with E-state index in [1.54, 1.807) is 13.1 Å². The first-order chi connectivity index (χ1) is 14.9. The lowest BCUT2D eigenvalue weighted by Gasteiger charge is -2.18. The predicted octanol–water partition coefficient (Wildman–Crippen LogP) is 5.39. The van der Waals surface area contributed by atoms with E-state index in [4.69, 9.17) is 22.1 Å². The van der Waals surface area contributed by atoms with E-state index in [-0.39, 0.29) is 22.3 Å². The van der Waals surface area contributed by atoms with Gasteiger partial charge in [-0.05, 0) is 50.6 Å². The molecule has 1 saturated heterocycles. The van der Waals surface area contributed by atoms with E-state index in [0.29, 0.717) is 5.69 Å². The maximum absolute atomic E-state index is 14.2. The fourth-order valence-corrected chi connectivity index (χ4v) is 4.04. The van der Waals surface area contributed by atoms with Crippen LogP contribution in [0.25, 0.3) is 11.3 Å². The molecular weight excluding hydrogens is 422 g/mol. The van der Waals surface area contributed by atoms with Crippen LogP contribution in [-0.4, -0.2) is 28.0 Å². The normalized spacial score (nSPS) is 15.2. The molecule has 162 valence electrons. The SMILES string of the molecule is C[C@H](Oc1nc(-c2ccc(CN3CCCC3)cc2)cnc1N)c1c(F)ccc(F)c1Cl. The molecule has 1 aromatic heterocycles. The topological polar surface area (TPSA) is 64.3 Å². The van der Waals surface area contributed by atoms with Crippen molar-refractivity contribution in [2.24, 2.45) is 0 Å². The Balaban J connectivity index is 1.54. The van der Waals surface area contributed by atoms with Crippen molar-refractivity contribution in [3.05, 3.63) is 70.4 Å². The minimum absolute atomic E-state index is 0.0332. The number of aromatic nitrogens is 2. The Kier molecular flexibility index (Phi) is 6.34. The van der Waals surface area contributed by atoms with E-state index in [2.05, 4.69) is 27.0 Å². The highest BCUT2D eigenvalue weighted by atomic mass is 35.5. The van der Waals surface area contributed by atoms with Crippen LogP contribution in [0.3, 0.4) is 0 Å². The molecule has 0 spiro atoms. The average molecular weight is 445 g/mol. The summed E-state index contributed by atoms with van der Waals surface area (Å²) in [6, 6.07) is 10.1. The summed E-state index contributed by atoms with van der Waals surface area (Å²) in [6.07, 6.45) is 3.15. The Hall–Kier alpha value is -2.77. The first-order valence-electron chi connectivity index (χ1n) is 10.2. The van der Waals surface area contributed by atoms with Gasteiger partial charge in [0.25, 0.3) is 5.88 Å². The molecule has 2 heterocycles. The number of rotatable bonds is 6. The molecule has 0 amide bonds. The second-order valence-electron chi connectivity index (χ2n) is 7.64. The standard InChI is InChI=1S/C23H23ClF2N4O/c1-14(20-17(25)8-9-18(26)21(20)24)31-23-22(27)28-12-19(29-23)16-6-4-15(5-7-16)13-30-10-2-3-11-30/h4-9,12,14H,2-3,10-11,13H2,1H3,(H2,27,28)/t14-/m0/s1. The number of nitrogens with two attached hydrogens (primary N) is 1. The minimum atomic E-state index is -0.919. The Morgan fingerprint density at radius 3 is 2.48 bits per heavy atom. The number of anilines is 1. The quantitative estimate of drug-likeness (QED) is 0.516. The monoisotopic (exact) mass is 444 g/mol. The number of hydrogen-bond donors (Lipinski definition) is 1. The number of nitrogens with zero attached hydrogens (tertiary/aromatic N) is 3. The average Bonchev–Trinajstić information content (AvgIpc) is 3.26. The summed E-state index contributed by atoms with van der Waals surface area (Å²) in [7, 11) is 0. The van der Waals surface area contributed by atoms with Gasteiger partial charge in [-0.3, -0.25) is 4.90 Å². The van der Waals surface area contributed by atoms with Crippen molar-refractivity contribution in [1.29, 1.82) is 0 Å². The summed E-state index contributed by atoms with van der Waals surface area (Å²) in [5, 5.41) is -0.330. The van der Waals surface area contributed by atoms with E-state index in [1.165, 1.54) is 18.4 Å². The highest BCUT2D eigenvalue weighted by Crippen LogP contribution is 2.33. The lowest BCUT2D eigenvalue weighted by atomic mass is 10.1. The Morgan fingerprint density at radius 1 is 1.10 bits per heavy atom. The van der Waals surface area contributed by atoms with Crippen LogP contribution in [0, 0.1) is 11.6 Å². The van der Waals surface area contributed by atoms with Crippen molar-refractivity contribution in [2.45, 2.75) is 32.4 Å². The Morgan fingerprint density at radius 2 is 1.77 bits per heavy atom. The second-order valence-corrected chi connectivity index (χ2v) is 8.02. The summed E-state index contributed by atoms with van der Waals surface area (Å²) in [4.78, 5) is 11.0. The Bertz CT molecular complexity index is 1070. The third-order valence-electron chi connectivity index (χ3n) is 5.40. The van der Waals surface area contributed by atoms with Gasteiger partial charge in [-0.25, -0.2) is 18.7 Å². The van der Waals surface area contributed by atoms with Crippen LogP contribution in [-0.2, 0) is 6.54 Å². The fraction of sp³-hybridized carbons (Fsp3) is 0.304. The number of halogens is 3. The smallest absolute Gasteiger partial charge is 0.258 e. The van der Waals surface area contributed by atoms with Crippen LogP contribution in [0.15, 0.2) is 42.6 Å². The maximum atomic E-state index is 14.2. The van der Waals surface area contributed by atoms with Crippen LogP contribution in [0.2, 0.25) is 5.02 Å². The molecule has 5 nitrogen and oxygen atoms in total. The van der Waals surface area contributed by atoms with Gasteiger partial charge in [-0.1, -0.05) is 35.9 Å². The van der Waals surface area contributed by atoms with E-state index >= 15 is 0 Å². The van der Waals surface area contributed by atoms with Crippen LogP contribution in [0.4, 0.5) is 14.6 Å². The number of benzene rings is 2. The molecule has 1 atom stereocenters. The van der Waals surface area contributed by atoms with Crippen molar-refractivity contribution in [1.82, 2.24) is 14.9 Å². The van der Waals surface area contributed by atoms with Gasteiger partial charge >= 0.3 is 0 Å². The van der Waals surface area contributed by atoms with E-state index in [1.807, 2.05) is 12.1 Å². The van der Waals surface area contributed by atoms with Crippen molar-refractivity contribution < 1.29 is 13.5 Å². The minimum Gasteiger partial charge on any atom is -0.467 e. The summed E-state index contributed by atoms with van der Waals surface area (Å²) in [6.45, 7) is 4.75. The molecule has 0 aliphatic carbocycles. The lowest BCUT2D eigenvalue weighted by Crippen LogP contribution is -2.18. The molecule has 1 aliphatic rings. The largest absolute Gasteiger partial charge is 0.467 e. The van der Waals surface area contributed by atoms with Gasteiger partial charge in [-0.15, -0.1) is 0 Å². The molecule has 0 bridgehead atoms. The molecule has 4 rings (SSSR count). The number of likely N-dealkylation sites (tertiary alicyclic amines) is 1. The predicted molar refractivity (Wildman–Crippen MR) is 117 cm³/mol. The summed E-state index contributed by atoms with van der Waals surface area (Å²) in [5.74, 6) is -1.31.